The zero-order valence-electron chi connectivity index (χ0n) is 20.6. The molecule has 3 aromatic carbocycles. The van der Waals surface area contributed by atoms with E-state index in [0.717, 1.165) is 17.2 Å². The first-order valence-electron chi connectivity index (χ1n) is 11.2. The van der Waals surface area contributed by atoms with Crippen LogP contribution in [0.2, 0.25) is 0 Å². The fraction of sp³-hybridized carbons (Fsp3) is 0.296. The Morgan fingerprint density at radius 1 is 0.889 bits per heavy atom. The molecule has 0 spiro atoms. The maximum absolute atomic E-state index is 14.0. The van der Waals surface area contributed by atoms with Crippen molar-refractivity contribution in [2.24, 2.45) is 0 Å². The van der Waals surface area contributed by atoms with Crippen LogP contribution in [0.5, 0.6) is 11.5 Å². The molecule has 7 nitrogen and oxygen atoms in total. The summed E-state index contributed by atoms with van der Waals surface area (Å²) >= 11 is 0. The van der Waals surface area contributed by atoms with Crippen LogP contribution in [0.4, 0.5) is 4.39 Å². The van der Waals surface area contributed by atoms with Gasteiger partial charge < -0.3 is 14.2 Å². The van der Waals surface area contributed by atoms with Crippen molar-refractivity contribution in [3.63, 3.8) is 0 Å². The van der Waals surface area contributed by atoms with Gasteiger partial charge in [-0.15, -0.1) is 0 Å². The minimum atomic E-state index is -3.98. The van der Waals surface area contributed by atoms with Crippen molar-refractivity contribution in [3.8, 4) is 17.6 Å². The number of halogens is 1. The Morgan fingerprint density at radius 2 is 1.39 bits per heavy atom. The van der Waals surface area contributed by atoms with Crippen LogP contribution in [0.3, 0.4) is 0 Å². The van der Waals surface area contributed by atoms with E-state index < -0.39 is 27.2 Å². The molecule has 0 aliphatic rings. The normalized spacial score (nSPS) is 13.1. The van der Waals surface area contributed by atoms with Gasteiger partial charge in [0.2, 0.25) is 10.0 Å². The largest absolute Gasteiger partial charge is 0.497 e. The van der Waals surface area contributed by atoms with E-state index in [1.165, 1.54) is 30.5 Å². The lowest BCUT2D eigenvalue weighted by Crippen LogP contribution is -2.40. The number of ether oxygens (including phenoxy) is 3. The number of methoxy groups -OCH3 is 3. The third-order valence-corrected chi connectivity index (χ3v) is 8.15. The first-order valence-corrected chi connectivity index (χ1v) is 12.7. The Hall–Kier alpha value is -3.45. The lowest BCUT2D eigenvalue weighted by atomic mass is 10.0. The van der Waals surface area contributed by atoms with Gasteiger partial charge in [0.25, 0.3) is 0 Å². The summed E-state index contributed by atoms with van der Waals surface area (Å²) < 4.78 is 59.0. The molecule has 9 heteroatoms. The van der Waals surface area contributed by atoms with Crippen molar-refractivity contribution < 1.29 is 27.0 Å². The van der Waals surface area contributed by atoms with E-state index in [0.29, 0.717) is 17.1 Å². The van der Waals surface area contributed by atoms with Crippen LogP contribution in [0.15, 0.2) is 66.7 Å². The monoisotopic (exact) mass is 512 g/mol. The molecule has 36 heavy (non-hydrogen) atoms. The van der Waals surface area contributed by atoms with Gasteiger partial charge in [-0.25, -0.2) is 12.8 Å². The molecule has 0 saturated carbocycles. The average Bonchev–Trinajstić information content (AvgIpc) is 2.90. The molecular formula is C27H29FN2O5S. The Bertz CT molecular complexity index is 1260. The highest BCUT2D eigenvalue weighted by Gasteiger charge is 2.37. The van der Waals surface area contributed by atoms with E-state index in [4.69, 9.17) is 14.2 Å². The highest BCUT2D eigenvalue weighted by molar-refractivity contribution is 7.89. The van der Waals surface area contributed by atoms with Crippen LogP contribution in [0, 0.1) is 17.1 Å². The standard InChI is InChI=1S/C27H29FN2O5S/c1-19(27(35-4)26-14-9-23(28)15-22(26)16-29)36(31,32)30(17-20-5-10-24(33-2)11-6-20)18-21-7-12-25(34-3)13-8-21/h5-15,19,27H,17-18H2,1-4H3. The predicted octanol–water partition coefficient (Wildman–Crippen LogP) is 4.82. The van der Waals surface area contributed by atoms with E-state index >= 15 is 0 Å². The van der Waals surface area contributed by atoms with Crippen molar-refractivity contribution in [1.82, 2.24) is 4.31 Å². The summed E-state index contributed by atoms with van der Waals surface area (Å²) in [7, 11) is 0.518. The summed E-state index contributed by atoms with van der Waals surface area (Å²) in [5.41, 5.74) is 1.88. The van der Waals surface area contributed by atoms with Gasteiger partial charge in [-0.2, -0.15) is 9.57 Å². The number of nitriles is 1. The molecule has 2 unspecified atom stereocenters. The predicted molar refractivity (Wildman–Crippen MR) is 134 cm³/mol. The summed E-state index contributed by atoms with van der Waals surface area (Å²) in [6.07, 6.45) is -0.987. The summed E-state index contributed by atoms with van der Waals surface area (Å²) in [6.45, 7) is 1.74. The minimum Gasteiger partial charge on any atom is -0.497 e. The lowest BCUT2D eigenvalue weighted by molar-refractivity contribution is 0.100. The second-order valence-corrected chi connectivity index (χ2v) is 10.5. The van der Waals surface area contributed by atoms with E-state index in [2.05, 4.69) is 0 Å². The first-order chi connectivity index (χ1) is 17.2. The molecule has 190 valence electrons. The second-order valence-electron chi connectivity index (χ2n) is 8.21. The van der Waals surface area contributed by atoms with Crippen molar-refractivity contribution in [2.45, 2.75) is 31.4 Å². The van der Waals surface area contributed by atoms with Crippen molar-refractivity contribution >= 4 is 10.0 Å². The number of hydrogen-bond donors (Lipinski definition) is 0. The van der Waals surface area contributed by atoms with E-state index in [1.54, 1.807) is 38.5 Å². The number of benzene rings is 3. The first kappa shape index (κ1) is 27.1. The van der Waals surface area contributed by atoms with Crippen LogP contribution in [0.25, 0.3) is 0 Å². The van der Waals surface area contributed by atoms with Gasteiger partial charge in [-0.05, 0) is 54.4 Å². The number of rotatable bonds is 11. The van der Waals surface area contributed by atoms with Gasteiger partial charge in [0, 0.05) is 25.8 Å². The third-order valence-electron chi connectivity index (χ3n) is 5.99. The SMILES string of the molecule is COc1ccc(CN(Cc2ccc(OC)cc2)S(=O)(=O)C(C)C(OC)c2ccc(F)cc2C#N)cc1. The molecule has 0 bridgehead atoms. The summed E-state index contributed by atoms with van der Waals surface area (Å²) in [5.74, 6) is 0.745. The van der Waals surface area contributed by atoms with Gasteiger partial charge in [0.05, 0.1) is 25.9 Å². The fourth-order valence-corrected chi connectivity index (χ4v) is 5.64. The Morgan fingerprint density at radius 3 is 1.81 bits per heavy atom. The molecular weight excluding hydrogens is 483 g/mol. The zero-order chi connectivity index (χ0) is 26.3. The van der Waals surface area contributed by atoms with Gasteiger partial charge in [-0.1, -0.05) is 30.3 Å². The molecule has 0 saturated heterocycles. The molecule has 3 aromatic rings. The smallest absolute Gasteiger partial charge is 0.220 e. The Balaban J connectivity index is 1.99. The maximum atomic E-state index is 14.0. The van der Waals surface area contributed by atoms with Crippen LogP contribution < -0.4 is 9.47 Å². The summed E-state index contributed by atoms with van der Waals surface area (Å²) in [5, 5.41) is 8.43. The molecule has 0 aliphatic heterocycles. The van der Waals surface area contributed by atoms with Gasteiger partial charge >= 0.3 is 0 Å². The summed E-state index contributed by atoms with van der Waals surface area (Å²) in [4.78, 5) is 0. The highest BCUT2D eigenvalue weighted by atomic mass is 32.2. The van der Waals surface area contributed by atoms with E-state index in [-0.39, 0.29) is 18.7 Å². The second kappa shape index (κ2) is 12.0. The molecule has 3 rings (SSSR count). The molecule has 0 aromatic heterocycles. The van der Waals surface area contributed by atoms with Crippen LogP contribution in [-0.4, -0.2) is 39.3 Å². The molecule has 0 fully saturated rings. The molecule has 0 radical (unpaired) electrons. The van der Waals surface area contributed by atoms with E-state index in [9.17, 15) is 18.1 Å². The lowest BCUT2D eigenvalue weighted by Gasteiger charge is -2.30. The number of hydrogen-bond acceptors (Lipinski definition) is 6. The van der Waals surface area contributed by atoms with E-state index in [1.807, 2.05) is 30.3 Å². The van der Waals surface area contributed by atoms with Crippen molar-refractivity contribution in [1.29, 1.82) is 5.26 Å². The van der Waals surface area contributed by atoms with Gasteiger partial charge in [0.15, 0.2) is 0 Å². The van der Waals surface area contributed by atoms with Crippen LogP contribution in [0.1, 0.15) is 35.3 Å². The maximum Gasteiger partial charge on any atom is 0.220 e. The molecule has 0 heterocycles. The summed E-state index contributed by atoms with van der Waals surface area (Å²) in [6, 6.07) is 19.9. The average molecular weight is 513 g/mol. The highest BCUT2D eigenvalue weighted by Crippen LogP contribution is 2.31. The van der Waals surface area contributed by atoms with Gasteiger partial charge in [-0.3, -0.25) is 0 Å². The quantitative estimate of drug-likeness (QED) is 0.366. The number of sulfonamides is 1. The van der Waals surface area contributed by atoms with Crippen LogP contribution in [-0.2, 0) is 27.8 Å². The van der Waals surface area contributed by atoms with Crippen molar-refractivity contribution in [2.75, 3.05) is 21.3 Å². The van der Waals surface area contributed by atoms with Crippen molar-refractivity contribution in [3.05, 3.63) is 94.8 Å². The third kappa shape index (κ3) is 6.21. The Kier molecular flexibility index (Phi) is 9.04. The Labute approximate surface area is 211 Å². The van der Waals surface area contributed by atoms with Gasteiger partial charge in [0.1, 0.15) is 28.7 Å². The molecule has 2 atom stereocenters. The molecule has 0 N–H and O–H groups in total. The zero-order valence-corrected chi connectivity index (χ0v) is 21.5. The molecule has 0 aliphatic carbocycles. The van der Waals surface area contributed by atoms with Crippen LogP contribution >= 0.6 is 0 Å². The fourth-order valence-electron chi connectivity index (χ4n) is 3.94. The number of nitrogens with zero attached hydrogens (tertiary/aromatic N) is 2. The topological polar surface area (TPSA) is 88.9 Å². The molecule has 0 amide bonds. The minimum absolute atomic E-state index is 0.0285.